The van der Waals surface area contributed by atoms with Gasteiger partial charge in [0.2, 0.25) is 0 Å². The Kier molecular flexibility index (Phi) is 17.4. The fourth-order valence-corrected chi connectivity index (χ4v) is 2.60. The van der Waals surface area contributed by atoms with Crippen molar-refractivity contribution < 1.29 is 28.4 Å². The third kappa shape index (κ3) is 15.7. The number of hydrogen-bond acceptors (Lipinski definition) is 6. The normalized spacial score (nSPS) is 23.0. The summed E-state index contributed by atoms with van der Waals surface area (Å²) in [6.45, 7) is 10.2. The van der Waals surface area contributed by atoms with Crippen molar-refractivity contribution in [2.75, 3.05) is 72.7 Å². The van der Waals surface area contributed by atoms with Crippen LogP contribution in [0.15, 0.2) is 12.7 Å². The maximum atomic E-state index is 5.95. The van der Waals surface area contributed by atoms with Gasteiger partial charge in [-0.1, -0.05) is 25.3 Å². The topological polar surface area (TPSA) is 55.4 Å². The van der Waals surface area contributed by atoms with Crippen LogP contribution in [0, 0.1) is 0 Å². The molecule has 0 aromatic carbocycles. The summed E-state index contributed by atoms with van der Waals surface area (Å²) in [4.78, 5) is 0. The zero-order chi connectivity index (χ0) is 18.5. The van der Waals surface area contributed by atoms with Crippen molar-refractivity contribution >= 4 is 0 Å². The van der Waals surface area contributed by atoms with Crippen LogP contribution in [-0.4, -0.2) is 78.8 Å². The van der Waals surface area contributed by atoms with Crippen molar-refractivity contribution in [3.63, 3.8) is 0 Å². The van der Waals surface area contributed by atoms with E-state index >= 15 is 0 Å². The molecule has 0 aromatic rings. The maximum absolute atomic E-state index is 5.95. The summed E-state index contributed by atoms with van der Waals surface area (Å²) in [5.74, 6) is 0. The summed E-state index contributed by atoms with van der Waals surface area (Å²) in [7, 11) is 0. The second kappa shape index (κ2) is 19.3. The van der Waals surface area contributed by atoms with Crippen LogP contribution in [0.2, 0.25) is 0 Å². The lowest BCUT2D eigenvalue weighted by atomic mass is 10.1. The molecule has 1 atom stereocenters. The van der Waals surface area contributed by atoms with Crippen LogP contribution in [0.1, 0.15) is 38.5 Å². The predicted molar refractivity (Wildman–Crippen MR) is 102 cm³/mol. The molecular formula is C20H38O6. The second-order valence-corrected chi connectivity index (χ2v) is 6.30. The molecule has 1 rings (SSSR count). The number of unbranched alkanes of at least 4 members (excludes halogenated alkanes) is 4. The van der Waals surface area contributed by atoms with E-state index < -0.39 is 0 Å². The fourth-order valence-electron chi connectivity index (χ4n) is 2.60. The van der Waals surface area contributed by atoms with Crippen LogP contribution in [0.25, 0.3) is 0 Å². The predicted octanol–water partition coefficient (Wildman–Crippen LogP) is 2.99. The molecule has 1 saturated heterocycles. The average molecular weight is 375 g/mol. The van der Waals surface area contributed by atoms with E-state index in [0.717, 1.165) is 19.3 Å². The minimum Gasteiger partial charge on any atom is -0.377 e. The van der Waals surface area contributed by atoms with Crippen molar-refractivity contribution in [3.05, 3.63) is 12.7 Å². The molecule has 0 N–H and O–H groups in total. The smallest absolute Gasteiger partial charge is 0.0809 e. The maximum Gasteiger partial charge on any atom is 0.0809 e. The van der Waals surface area contributed by atoms with Crippen LogP contribution in [-0.2, 0) is 28.4 Å². The molecule has 0 aliphatic carbocycles. The van der Waals surface area contributed by atoms with E-state index in [1.54, 1.807) is 0 Å². The Morgan fingerprint density at radius 1 is 0.615 bits per heavy atom. The molecule has 1 heterocycles. The zero-order valence-corrected chi connectivity index (χ0v) is 16.3. The molecule has 6 nitrogen and oxygen atoms in total. The van der Waals surface area contributed by atoms with E-state index in [4.69, 9.17) is 28.4 Å². The van der Waals surface area contributed by atoms with Gasteiger partial charge in [-0.3, -0.25) is 0 Å². The largest absolute Gasteiger partial charge is 0.377 e. The summed E-state index contributed by atoms with van der Waals surface area (Å²) in [5.41, 5.74) is 0. The standard InChI is InChI=1S/C20H38O6/c1-2-3-4-5-6-7-8-20-19-25-16-15-23-12-11-21-9-10-22-13-14-24-17-18-26-20/h2,20H,1,3-19H2. The van der Waals surface area contributed by atoms with Gasteiger partial charge in [0, 0.05) is 0 Å². The molecule has 0 radical (unpaired) electrons. The lowest BCUT2D eigenvalue weighted by molar-refractivity contribution is -0.0628. The van der Waals surface area contributed by atoms with Crippen molar-refractivity contribution in [3.8, 4) is 0 Å². The third-order valence-corrected chi connectivity index (χ3v) is 4.06. The second-order valence-electron chi connectivity index (χ2n) is 6.30. The molecule has 0 amide bonds. The van der Waals surface area contributed by atoms with Gasteiger partial charge in [0.15, 0.2) is 0 Å². The van der Waals surface area contributed by atoms with Gasteiger partial charge in [-0.05, 0) is 19.3 Å². The van der Waals surface area contributed by atoms with Gasteiger partial charge < -0.3 is 28.4 Å². The van der Waals surface area contributed by atoms with Crippen LogP contribution in [0.3, 0.4) is 0 Å². The first-order chi connectivity index (χ1) is 12.9. The zero-order valence-electron chi connectivity index (χ0n) is 16.3. The molecule has 0 saturated carbocycles. The van der Waals surface area contributed by atoms with E-state index in [2.05, 4.69) is 6.58 Å². The van der Waals surface area contributed by atoms with E-state index in [9.17, 15) is 0 Å². The highest BCUT2D eigenvalue weighted by atomic mass is 16.6. The van der Waals surface area contributed by atoms with Crippen LogP contribution in [0.4, 0.5) is 0 Å². The van der Waals surface area contributed by atoms with Gasteiger partial charge in [0.25, 0.3) is 0 Å². The van der Waals surface area contributed by atoms with Gasteiger partial charge in [-0.2, -0.15) is 0 Å². The Bertz CT molecular complexity index is 282. The van der Waals surface area contributed by atoms with E-state index in [1.807, 2.05) is 6.08 Å². The van der Waals surface area contributed by atoms with Crippen molar-refractivity contribution in [2.24, 2.45) is 0 Å². The van der Waals surface area contributed by atoms with Gasteiger partial charge in [-0.15, -0.1) is 6.58 Å². The Balaban J connectivity index is 2.19. The molecule has 154 valence electrons. The Morgan fingerprint density at radius 3 is 1.69 bits per heavy atom. The van der Waals surface area contributed by atoms with Crippen molar-refractivity contribution in [2.45, 2.75) is 44.6 Å². The van der Waals surface area contributed by atoms with Crippen molar-refractivity contribution in [1.29, 1.82) is 0 Å². The highest BCUT2D eigenvalue weighted by Gasteiger charge is 2.09. The first kappa shape index (κ1) is 23.5. The quantitative estimate of drug-likeness (QED) is 0.504. The summed E-state index contributed by atoms with van der Waals surface area (Å²) in [5, 5.41) is 0. The fraction of sp³-hybridized carbons (Fsp3) is 0.900. The molecule has 0 spiro atoms. The first-order valence-corrected chi connectivity index (χ1v) is 10.0. The molecule has 1 aliphatic rings. The van der Waals surface area contributed by atoms with Gasteiger partial charge >= 0.3 is 0 Å². The minimum absolute atomic E-state index is 0.122. The summed E-state index contributed by atoms with van der Waals surface area (Å²) in [6, 6.07) is 0. The molecule has 26 heavy (non-hydrogen) atoms. The number of hydrogen-bond donors (Lipinski definition) is 0. The number of allylic oxidation sites excluding steroid dienone is 1. The van der Waals surface area contributed by atoms with E-state index in [1.165, 1.54) is 19.3 Å². The van der Waals surface area contributed by atoms with Crippen LogP contribution >= 0.6 is 0 Å². The molecular weight excluding hydrogens is 336 g/mol. The number of ether oxygens (including phenoxy) is 6. The Labute approximate surface area is 159 Å². The molecule has 1 fully saturated rings. The first-order valence-electron chi connectivity index (χ1n) is 10.0. The third-order valence-electron chi connectivity index (χ3n) is 4.06. The minimum atomic E-state index is 0.122. The SMILES string of the molecule is C=CCCCCCCC1COCCOCCOCCOCCOCCO1. The number of rotatable bonds is 7. The van der Waals surface area contributed by atoms with Gasteiger partial charge in [0.05, 0.1) is 78.8 Å². The highest BCUT2D eigenvalue weighted by Crippen LogP contribution is 2.10. The molecule has 0 aromatic heterocycles. The Hall–Kier alpha value is -0.500. The molecule has 6 heteroatoms. The average Bonchev–Trinajstić information content (AvgIpc) is 2.65. The Morgan fingerprint density at radius 2 is 1.12 bits per heavy atom. The lowest BCUT2D eigenvalue weighted by Crippen LogP contribution is -2.24. The lowest BCUT2D eigenvalue weighted by Gasteiger charge is -2.18. The summed E-state index contributed by atoms with van der Waals surface area (Å²) in [6.07, 6.45) is 9.10. The monoisotopic (exact) mass is 374 g/mol. The van der Waals surface area contributed by atoms with Gasteiger partial charge in [-0.25, -0.2) is 0 Å². The van der Waals surface area contributed by atoms with Crippen molar-refractivity contribution in [1.82, 2.24) is 0 Å². The summed E-state index contributed by atoms with van der Waals surface area (Å²) >= 11 is 0. The van der Waals surface area contributed by atoms with Crippen LogP contribution < -0.4 is 0 Å². The molecule has 0 bridgehead atoms. The van der Waals surface area contributed by atoms with E-state index in [0.29, 0.717) is 72.7 Å². The highest BCUT2D eigenvalue weighted by molar-refractivity contribution is 4.66. The van der Waals surface area contributed by atoms with E-state index in [-0.39, 0.29) is 6.10 Å². The van der Waals surface area contributed by atoms with Crippen LogP contribution in [0.5, 0.6) is 0 Å². The van der Waals surface area contributed by atoms with Gasteiger partial charge in [0.1, 0.15) is 0 Å². The summed E-state index contributed by atoms with van der Waals surface area (Å²) < 4.78 is 33.6. The molecule has 1 unspecified atom stereocenters. The molecule has 1 aliphatic heterocycles.